The van der Waals surface area contributed by atoms with E-state index in [-0.39, 0.29) is 17.1 Å². The third-order valence-corrected chi connectivity index (χ3v) is 2.30. The SMILES string of the molecule is O=C(O)c1cc(S(=O)(=O)[O-])ccc1[O-].[Fe+3]. The quantitative estimate of drug-likeness (QED) is 0.565. The summed E-state index contributed by atoms with van der Waals surface area (Å²) in [5.74, 6) is -2.41. The number of carboxylic acids is 1. The van der Waals surface area contributed by atoms with Gasteiger partial charge < -0.3 is 14.8 Å². The van der Waals surface area contributed by atoms with Gasteiger partial charge in [0.2, 0.25) is 0 Å². The first-order valence-corrected chi connectivity index (χ1v) is 4.73. The molecule has 0 atom stereocenters. The molecule has 0 fully saturated rings. The standard InChI is InChI=1S/C7H6O6S.Fe/c8-6-2-1-4(14(11,12)13)3-5(6)7(9)10;/h1-3,8H,(H,9,10)(H,11,12,13);/q;+3/p-2. The maximum absolute atomic E-state index is 10.9. The fraction of sp³-hybridized carbons (Fsp3) is 0. The smallest absolute Gasteiger partial charge is 0.872 e. The molecule has 1 aromatic carbocycles. The summed E-state index contributed by atoms with van der Waals surface area (Å²) < 4.78 is 31.4. The third-order valence-electron chi connectivity index (χ3n) is 1.47. The summed E-state index contributed by atoms with van der Waals surface area (Å²) in [7, 11) is -4.73. The second kappa shape index (κ2) is 4.63. The van der Waals surface area contributed by atoms with Gasteiger partial charge in [-0.25, -0.2) is 13.2 Å². The molecule has 81 valence electrons. The molecule has 0 heterocycles. The number of carboxylic acid groups (broad SMARTS) is 1. The van der Waals surface area contributed by atoms with Gasteiger partial charge in [-0.3, -0.25) is 0 Å². The number of hydrogen-bond donors (Lipinski definition) is 1. The fourth-order valence-electron chi connectivity index (χ4n) is 0.832. The van der Waals surface area contributed by atoms with Crippen LogP contribution in [0.15, 0.2) is 23.1 Å². The van der Waals surface area contributed by atoms with Gasteiger partial charge in [-0.05, 0) is 12.1 Å². The van der Waals surface area contributed by atoms with Crippen LogP contribution in [-0.4, -0.2) is 24.0 Å². The van der Waals surface area contributed by atoms with Crippen molar-refractivity contribution in [3.05, 3.63) is 23.8 Å². The normalized spacial score (nSPS) is 10.5. The van der Waals surface area contributed by atoms with Crippen LogP contribution in [0.25, 0.3) is 0 Å². The van der Waals surface area contributed by atoms with Crippen LogP contribution in [0.3, 0.4) is 0 Å². The first-order chi connectivity index (χ1) is 6.32. The van der Waals surface area contributed by atoms with E-state index in [9.17, 15) is 22.9 Å². The van der Waals surface area contributed by atoms with Crippen LogP contribution in [0.1, 0.15) is 10.4 Å². The molecular weight excluding hydrogens is 268 g/mol. The van der Waals surface area contributed by atoms with Gasteiger partial charge >= 0.3 is 23.0 Å². The van der Waals surface area contributed by atoms with Gasteiger partial charge in [-0.1, -0.05) is 11.8 Å². The first kappa shape index (κ1) is 13.9. The Morgan fingerprint density at radius 3 is 2.27 bits per heavy atom. The van der Waals surface area contributed by atoms with Crippen molar-refractivity contribution in [2.24, 2.45) is 0 Å². The number of carbonyl (C=O) groups is 1. The molecule has 0 unspecified atom stereocenters. The van der Waals surface area contributed by atoms with Gasteiger partial charge in [-0.2, -0.15) is 0 Å². The molecule has 0 aliphatic rings. The zero-order valence-electron chi connectivity index (χ0n) is 6.98. The monoisotopic (exact) mass is 272 g/mol. The van der Waals surface area contributed by atoms with Crippen LogP contribution in [0, 0.1) is 0 Å². The van der Waals surface area contributed by atoms with E-state index in [4.69, 9.17) is 5.11 Å². The first-order valence-electron chi connectivity index (χ1n) is 3.32. The number of hydrogen-bond acceptors (Lipinski definition) is 5. The van der Waals surface area contributed by atoms with Crippen LogP contribution >= 0.6 is 0 Å². The molecule has 1 aromatic rings. The van der Waals surface area contributed by atoms with Gasteiger partial charge in [0.05, 0.1) is 10.5 Å². The molecule has 15 heavy (non-hydrogen) atoms. The summed E-state index contributed by atoms with van der Waals surface area (Å²) in [6.07, 6.45) is 0. The summed E-state index contributed by atoms with van der Waals surface area (Å²) in [6, 6.07) is 2.05. The second-order valence-corrected chi connectivity index (χ2v) is 3.80. The van der Waals surface area contributed by atoms with Crippen LogP contribution in [0.2, 0.25) is 0 Å². The van der Waals surface area contributed by atoms with Gasteiger partial charge in [-0.15, -0.1) is 0 Å². The molecule has 0 amide bonds. The summed E-state index contributed by atoms with van der Waals surface area (Å²) in [6.45, 7) is 0. The predicted octanol–water partition coefficient (Wildman–Crippen LogP) is -0.640. The van der Waals surface area contributed by atoms with Gasteiger partial charge in [0.1, 0.15) is 10.1 Å². The molecule has 0 aliphatic carbocycles. The number of benzene rings is 1. The average Bonchev–Trinajstić information content (AvgIpc) is 2.02. The Bertz CT molecular complexity index is 480. The summed E-state index contributed by atoms with van der Waals surface area (Å²) in [5.41, 5.74) is -0.734. The van der Waals surface area contributed by atoms with Crippen molar-refractivity contribution in [2.45, 2.75) is 4.90 Å². The summed E-state index contributed by atoms with van der Waals surface area (Å²) >= 11 is 0. The van der Waals surface area contributed by atoms with Gasteiger partial charge in [0, 0.05) is 0 Å². The molecule has 0 aromatic heterocycles. The zero-order valence-corrected chi connectivity index (χ0v) is 8.90. The predicted molar refractivity (Wildman–Crippen MR) is 40.8 cm³/mol. The Morgan fingerprint density at radius 2 is 1.87 bits per heavy atom. The van der Waals surface area contributed by atoms with E-state index in [1.165, 1.54) is 0 Å². The Kier molecular flexibility index (Phi) is 4.29. The molecule has 0 saturated carbocycles. The minimum absolute atomic E-state index is 0. The average molecular weight is 272 g/mol. The van der Waals surface area contributed by atoms with Crippen molar-refractivity contribution in [2.75, 3.05) is 0 Å². The van der Waals surface area contributed by atoms with Gasteiger partial charge in [0.15, 0.2) is 0 Å². The molecule has 6 nitrogen and oxygen atoms in total. The Balaban J connectivity index is 0.00000196. The van der Waals surface area contributed by atoms with Crippen molar-refractivity contribution in [3.63, 3.8) is 0 Å². The van der Waals surface area contributed by atoms with E-state index in [1.54, 1.807) is 0 Å². The molecule has 0 saturated heterocycles. The van der Waals surface area contributed by atoms with Crippen molar-refractivity contribution in [1.29, 1.82) is 0 Å². The van der Waals surface area contributed by atoms with Crippen LogP contribution in [-0.2, 0) is 27.2 Å². The second-order valence-electron chi connectivity index (χ2n) is 2.42. The minimum Gasteiger partial charge on any atom is -0.872 e. The summed E-state index contributed by atoms with van der Waals surface area (Å²) in [5, 5.41) is 19.3. The van der Waals surface area contributed by atoms with Gasteiger partial charge in [0.25, 0.3) is 0 Å². The van der Waals surface area contributed by atoms with E-state index < -0.39 is 32.3 Å². The topological polar surface area (TPSA) is 118 Å². The van der Waals surface area contributed by atoms with E-state index >= 15 is 0 Å². The van der Waals surface area contributed by atoms with E-state index in [0.29, 0.717) is 6.07 Å². The maximum atomic E-state index is 10.9. The third kappa shape index (κ3) is 3.21. The summed E-state index contributed by atoms with van der Waals surface area (Å²) in [4.78, 5) is 9.68. The molecule has 8 heteroatoms. The molecule has 0 spiro atoms. The zero-order chi connectivity index (χ0) is 10.9. The Morgan fingerprint density at radius 1 is 1.33 bits per heavy atom. The van der Waals surface area contributed by atoms with Crippen LogP contribution in [0.5, 0.6) is 5.75 Å². The Labute approximate surface area is 95.8 Å². The molecular formula is C7H4FeO6S+. The molecule has 0 aliphatic heterocycles. The molecule has 1 rings (SSSR count). The van der Waals surface area contributed by atoms with E-state index in [0.717, 1.165) is 12.1 Å². The molecule has 1 radical (unpaired) electrons. The van der Waals surface area contributed by atoms with Crippen molar-refractivity contribution < 1.29 is 45.0 Å². The van der Waals surface area contributed by atoms with Crippen molar-refractivity contribution in [3.8, 4) is 5.75 Å². The minimum atomic E-state index is -4.73. The van der Waals surface area contributed by atoms with E-state index in [1.807, 2.05) is 0 Å². The number of rotatable bonds is 2. The largest absolute Gasteiger partial charge is 3.00 e. The van der Waals surface area contributed by atoms with Crippen molar-refractivity contribution >= 4 is 16.1 Å². The maximum Gasteiger partial charge on any atom is 3.00 e. The number of aromatic carboxylic acids is 1. The molecule has 0 bridgehead atoms. The van der Waals surface area contributed by atoms with Crippen LogP contribution < -0.4 is 5.11 Å². The Hall–Kier alpha value is -1.08. The van der Waals surface area contributed by atoms with Crippen LogP contribution in [0.4, 0.5) is 0 Å². The van der Waals surface area contributed by atoms with E-state index in [2.05, 4.69) is 0 Å². The fourth-order valence-corrected chi connectivity index (χ4v) is 1.33. The molecule has 1 N–H and O–H groups in total. The van der Waals surface area contributed by atoms with Crippen molar-refractivity contribution in [1.82, 2.24) is 0 Å².